The van der Waals surface area contributed by atoms with Crippen LogP contribution in [0.4, 0.5) is 14.5 Å². The zero-order valence-corrected chi connectivity index (χ0v) is 16.5. The lowest BCUT2D eigenvalue weighted by Crippen LogP contribution is -2.03. The topological polar surface area (TPSA) is 30.5 Å². The van der Waals surface area contributed by atoms with Crippen LogP contribution in [0.5, 0.6) is 11.5 Å². The maximum Gasteiger partial charge on any atom is 0.180 e. The number of methoxy groups -OCH3 is 1. The second-order valence-corrected chi connectivity index (χ2v) is 6.81. The van der Waals surface area contributed by atoms with Crippen molar-refractivity contribution in [2.75, 3.05) is 12.4 Å². The minimum Gasteiger partial charge on any atom is -0.493 e. The molecular weight excluding hydrogens is 407 g/mol. The van der Waals surface area contributed by atoms with Crippen LogP contribution < -0.4 is 14.8 Å². The molecule has 0 amide bonds. The van der Waals surface area contributed by atoms with Crippen LogP contribution in [0.1, 0.15) is 11.1 Å². The van der Waals surface area contributed by atoms with Gasteiger partial charge in [0.15, 0.2) is 11.5 Å². The number of halogens is 4. The summed E-state index contributed by atoms with van der Waals surface area (Å²) in [5.41, 5.74) is 2.27. The molecular formula is C21H17Cl2F2NO2. The second-order valence-electron chi connectivity index (χ2n) is 5.99. The highest BCUT2D eigenvalue weighted by molar-refractivity contribution is 6.32. The summed E-state index contributed by atoms with van der Waals surface area (Å²) in [6, 6.07) is 13.7. The molecule has 0 heterocycles. The van der Waals surface area contributed by atoms with Crippen LogP contribution in [0.2, 0.25) is 10.0 Å². The molecule has 3 nitrogen and oxygen atoms in total. The second kappa shape index (κ2) is 9.13. The molecule has 3 rings (SSSR count). The predicted octanol–water partition coefficient (Wildman–Crippen LogP) is 6.47. The van der Waals surface area contributed by atoms with Gasteiger partial charge in [0, 0.05) is 17.8 Å². The Morgan fingerprint density at radius 2 is 1.61 bits per heavy atom. The van der Waals surface area contributed by atoms with E-state index in [-0.39, 0.29) is 17.4 Å². The zero-order valence-electron chi connectivity index (χ0n) is 14.9. The Hall–Kier alpha value is -2.50. The summed E-state index contributed by atoms with van der Waals surface area (Å²) in [6.07, 6.45) is 0. The van der Waals surface area contributed by atoms with E-state index in [9.17, 15) is 8.78 Å². The number of hydrogen-bond acceptors (Lipinski definition) is 3. The minimum atomic E-state index is -0.414. The quantitative estimate of drug-likeness (QED) is 0.472. The third-order valence-corrected chi connectivity index (χ3v) is 4.65. The first-order chi connectivity index (χ1) is 13.5. The van der Waals surface area contributed by atoms with E-state index in [1.54, 1.807) is 30.3 Å². The van der Waals surface area contributed by atoms with E-state index < -0.39 is 5.82 Å². The number of nitrogens with one attached hydrogen (secondary N) is 1. The van der Waals surface area contributed by atoms with E-state index in [2.05, 4.69) is 5.32 Å². The molecule has 3 aromatic rings. The smallest absolute Gasteiger partial charge is 0.180 e. The summed E-state index contributed by atoms with van der Waals surface area (Å²) in [6.45, 7) is 0.578. The van der Waals surface area contributed by atoms with Crippen LogP contribution in [0.3, 0.4) is 0 Å². The van der Waals surface area contributed by atoms with Crippen LogP contribution in [0, 0.1) is 11.6 Å². The summed E-state index contributed by atoms with van der Waals surface area (Å²) in [4.78, 5) is 0. The lowest BCUT2D eigenvalue weighted by molar-refractivity contribution is 0.284. The summed E-state index contributed by atoms with van der Waals surface area (Å²) in [5.74, 6) is 0.122. The average Bonchev–Trinajstić information content (AvgIpc) is 2.67. The van der Waals surface area contributed by atoms with Gasteiger partial charge in [-0.3, -0.25) is 0 Å². The standard InChI is InChI=1S/C21H17Cl2F2NO2/c1-27-20-9-13(11-26-17-6-4-15(24)5-7-17)8-19(23)21(20)28-12-14-2-3-16(25)10-18(14)22/h2-10,26H,11-12H2,1H3. The third kappa shape index (κ3) is 5.06. The summed E-state index contributed by atoms with van der Waals surface area (Å²) in [7, 11) is 1.51. The maximum absolute atomic E-state index is 13.2. The van der Waals surface area contributed by atoms with Crippen molar-refractivity contribution in [1.82, 2.24) is 0 Å². The van der Waals surface area contributed by atoms with Gasteiger partial charge in [-0.25, -0.2) is 8.78 Å². The van der Waals surface area contributed by atoms with E-state index in [4.69, 9.17) is 32.7 Å². The Kier molecular flexibility index (Phi) is 6.60. The van der Waals surface area contributed by atoms with Gasteiger partial charge in [-0.1, -0.05) is 29.3 Å². The Morgan fingerprint density at radius 1 is 0.893 bits per heavy atom. The zero-order chi connectivity index (χ0) is 20.1. The molecule has 0 atom stereocenters. The van der Waals surface area contributed by atoms with Crippen LogP contribution in [0.15, 0.2) is 54.6 Å². The van der Waals surface area contributed by atoms with Crippen LogP contribution in [-0.2, 0) is 13.2 Å². The first-order valence-corrected chi connectivity index (χ1v) is 9.14. The van der Waals surface area contributed by atoms with Crippen molar-refractivity contribution in [1.29, 1.82) is 0 Å². The Morgan fingerprint density at radius 3 is 2.29 bits per heavy atom. The molecule has 0 bridgehead atoms. The predicted molar refractivity (Wildman–Crippen MR) is 107 cm³/mol. The van der Waals surface area contributed by atoms with Crippen molar-refractivity contribution >= 4 is 28.9 Å². The molecule has 0 fully saturated rings. The van der Waals surface area contributed by atoms with Gasteiger partial charge < -0.3 is 14.8 Å². The van der Waals surface area contributed by atoms with E-state index >= 15 is 0 Å². The maximum atomic E-state index is 13.2. The van der Waals surface area contributed by atoms with Crippen molar-refractivity contribution in [3.8, 4) is 11.5 Å². The molecule has 0 radical (unpaired) electrons. The van der Waals surface area contributed by atoms with E-state index in [0.29, 0.717) is 28.6 Å². The van der Waals surface area contributed by atoms with Crippen LogP contribution in [-0.4, -0.2) is 7.11 Å². The molecule has 0 aliphatic heterocycles. The van der Waals surface area contributed by atoms with Crippen molar-refractivity contribution in [2.24, 2.45) is 0 Å². The van der Waals surface area contributed by atoms with E-state index in [0.717, 1.165) is 11.3 Å². The van der Waals surface area contributed by atoms with Crippen molar-refractivity contribution in [2.45, 2.75) is 13.2 Å². The van der Waals surface area contributed by atoms with Crippen LogP contribution in [0.25, 0.3) is 0 Å². The number of benzene rings is 3. The summed E-state index contributed by atoms with van der Waals surface area (Å²) < 4.78 is 37.3. The SMILES string of the molecule is COc1cc(CNc2ccc(F)cc2)cc(Cl)c1OCc1ccc(F)cc1Cl. The van der Waals surface area contributed by atoms with Gasteiger partial charge in [-0.2, -0.15) is 0 Å². The molecule has 3 aromatic carbocycles. The molecule has 0 aliphatic carbocycles. The molecule has 0 spiro atoms. The number of rotatable bonds is 7. The molecule has 0 unspecified atom stereocenters. The van der Waals surface area contributed by atoms with Crippen LogP contribution >= 0.6 is 23.2 Å². The van der Waals surface area contributed by atoms with Gasteiger partial charge in [-0.05, 0) is 54.1 Å². The van der Waals surface area contributed by atoms with Gasteiger partial charge in [0.25, 0.3) is 0 Å². The van der Waals surface area contributed by atoms with Gasteiger partial charge in [0.2, 0.25) is 0 Å². The first kappa shape index (κ1) is 20.2. The Labute approximate surface area is 171 Å². The molecule has 7 heteroatoms. The number of anilines is 1. The van der Waals surface area contributed by atoms with E-state index in [1.807, 2.05) is 0 Å². The van der Waals surface area contributed by atoms with Crippen molar-refractivity contribution < 1.29 is 18.3 Å². The fourth-order valence-electron chi connectivity index (χ4n) is 2.58. The highest BCUT2D eigenvalue weighted by atomic mass is 35.5. The fraction of sp³-hybridized carbons (Fsp3) is 0.143. The lowest BCUT2D eigenvalue weighted by Gasteiger charge is -2.15. The molecule has 0 aromatic heterocycles. The van der Waals surface area contributed by atoms with E-state index in [1.165, 1.54) is 31.4 Å². The number of hydrogen-bond donors (Lipinski definition) is 1. The van der Waals surface area contributed by atoms with Crippen molar-refractivity contribution in [3.63, 3.8) is 0 Å². The highest BCUT2D eigenvalue weighted by Crippen LogP contribution is 2.37. The number of ether oxygens (including phenoxy) is 2. The van der Waals surface area contributed by atoms with Gasteiger partial charge in [0.1, 0.15) is 18.2 Å². The summed E-state index contributed by atoms with van der Waals surface area (Å²) in [5, 5.41) is 3.82. The Bertz CT molecular complexity index is 965. The minimum absolute atomic E-state index is 0.113. The highest BCUT2D eigenvalue weighted by Gasteiger charge is 2.13. The largest absolute Gasteiger partial charge is 0.493 e. The third-order valence-electron chi connectivity index (χ3n) is 4.02. The normalized spacial score (nSPS) is 10.6. The molecule has 1 N–H and O–H groups in total. The van der Waals surface area contributed by atoms with Crippen molar-refractivity contribution in [3.05, 3.63) is 87.4 Å². The molecule has 0 saturated heterocycles. The monoisotopic (exact) mass is 423 g/mol. The Balaban J connectivity index is 1.72. The van der Waals surface area contributed by atoms with Gasteiger partial charge in [-0.15, -0.1) is 0 Å². The average molecular weight is 424 g/mol. The molecule has 28 heavy (non-hydrogen) atoms. The van der Waals surface area contributed by atoms with Gasteiger partial charge in [0.05, 0.1) is 17.2 Å². The molecule has 0 saturated carbocycles. The molecule has 146 valence electrons. The first-order valence-electron chi connectivity index (χ1n) is 8.39. The summed E-state index contributed by atoms with van der Waals surface area (Å²) >= 11 is 12.4. The molecule has 0 aliphatic rings. The lowest BCUT2D eigenvalue weighted by atomic mass is 10.2. The fourth-order valence-corrected chi connectivity index (χ4v) is 3.09. The van der Waals surface area contributed by atoms with Gasteiger partial charge >= 0.3 is 0 Å².